The molecule has 0 radical (unpaired) electrons. The van der Waals surface area contributed by atoms with E-state index in [9.17, 15) is 5.11 Å². The third-order valence-electron chi connectivity index (χ3n) is 1.72. The highest BCUT2D eigenvalue weighted by Gasteiger charge is 1.99. The van der Waals surface area contributed by atoms with E-state index in [1.807, 2.05) is 24.3 Å². The minimum atomic E-state index is -0.406. The number of aliphatic hydroxyl groups is 2. The average Bonchev–Trinajstić information content (AvgIpc) is 2.15. The van der Waals surface area contributed by atoms with Gasteiger partial charge in [0.2, 0.25) is 0 Å². The Morgan fingerprint density at radius 2 is 1.92 bits per heavy atom. The maximum atomic E-state index is 9.24. The molecule has 1 rings (SSSR count). The van der Waals surface area contributed by atoms with E-state index in [0.717, 1.165) is 10.5 Å². The summed E-state index contributed by atoms with van der Waals surface area (Å²) in [5.41, 5.74) is 0.924. The minimum Gasteiger partial charge on any atom is -0.396 e. The lowest BCUT2D eigenvalue weighted by atomic mass is 10.1. The van der Waals surface area contributed by atoms with Crippen LogP contribution in [0.4, 0.5) is 0 Å². The van der Waals surface area contributed by atoms with E-state index in [0.29, 0.717) is 5.75 Å². The Morgan fingerprint density at radius 3 is 2.38 bits per heavy atom. The van der Waals surface area contributed by atoms with E-state index in [-0.39, 0.29) is 6.61 Å². The van der Waals surface area contributed by atoms with Gasteiger partial charge < -0.3 is 10.2 Å². The van der Waals surface area contributed by atoms with E-state index >= 15 is 0 Å². The van der Waals surface area contributed by atoms with Crippen molar-refractivity contribution in [2.24, 2.45) is 0 Å². The summed E-state index contributed by atoms with van der Waals surface area (Å²) < 4.78 is 0. The van der Waals surface area contributed by atoms with Crippen molar-refractivity contribution in [3.05, 3.63) is 29.8 Å². The summed E-state index contributed by atoms with van der Waals surface area (Å²) in [6, 6.07) is 7.74. The van der Waals surface area contributed by atoms with E-state index in [1.165, 1.54) is 0 Å². The molecule has 72 valence electrons. The van der Waals surface area contributed by atoms with E-state index in [2.05, 4.69) is 0 Å². The third-order valence-corrected chi connectivity index (χ3v) is 2.71. The highest BCUT2D eigenvalue weighted by Crippen LogP contribution is 2.20. The first-order chi connectivity index (χ1) is 6.24. The molecule has 0 bridgehead atoms. The van der Waals surface area contributed by atoms with Gasteiger partial charge in [-0.25, -0.2) is 0 Å². The van der Waals surface area contributed by atoms with Crippen LogP contribution in [0.5, 0.6) is 0 Å². The zero-order valence-electron chi connectivity index (χ0n) is 7.60. The fraction of sp³-hybridized carbons (Fsp3) is 0.400. The Morgan fingerprint density at radius 1 is 1.31 bits per heavy atom. The molecule has 0 saturated carbocycles. The second kappa shape index (κ2) is 5.27. The molecule has 13 heavy (non-hydrogen) atoms. The molecule has 0 aliphatic rings. The SMILES string of the molecule is CC(O)c1ccc(SCCO)cc1. The van der Waals surface area contributed by atoms with Gasteiger partial charge in [-0.2, -0.15) is 0 Å². The minimum absolute atomic E-state index is 0.197. The summed E-state index contributed by atoms with van der Waals surface area (Å²) in [4.78, 5) is 1.12. The molecule has 2 nitrogen and oxygen atoms in total. The lowest BCUT2D eigenvalue weighted by Crippen LogP contribution is -1.90. The molecule has 1 atom stereocenters. The molecule has 0 saturated heterocycles. The lowest BCUT2D eigenvalue weighted by Gasteiger charge is -2.05. The van der Waals surface area contributed by atoms with Gasteiger partial charge in [-0.15, -0.1) is 11.8 Å². The number of aliphatic hydroxyl groups excluding tert-OH is 2. The van der Waals surface area contributed by atoms with Gasteiger partial charge in [-0.05, 0) is 24.6 Å². The molecule has 2 N–H and O–H groups in total. The zero-order chi connectivity index (χ0) is 9.68. The number of benzene rings is 1. The molecule has 0 aliphatic carbocycles. The van der Waals surface area contributed by atoms with Crippen LogP contribution in [-0.4, -0.2) is 22.6 Å². The van der Waals surface area contributed by atoms with Crippen LogP contribution in [-0.2, 0) is 0 Å². The number of rotatable bonds is 4. The molecule has 0 heterocycles. The molecule has 0 spiro atoms. The first kappa shape index (κ1) is 10.6. The van der Waals surface area contributed by atoms with Crippen molar-refractivity contribution in [2.45, 2.75) is 17.9 Å². The molecule has 1 unspecified atom stereocenters. The molecule has 0 fully saturated rings. The van der Waals surface area contributed by atoms with Crippen LogP contribution in [0.3, 0.4) is 0 Å². The molecule has 0 amide bonds. The largest absolute Gasteiger partial charge is 0.396 e. The van der Waals surface area contributed by atoms with Crippen LogP contribution in [0.15, 0.2) is 29.2 Å². The van der Waals surface area contributed by atoms with Gasteiger partial charge in [0.25, 0.3) is 0 Å². The highest BCUT2D eigenvalue weighted by atomic mass is 32.2. The summed E-state index contributed by atoms with van der Waals surface area (Å²) >= 11 is 1.61. The summed E-state index contributed by atoms with van der Waals surface area (Å²) in [6.07, 6.45) is -0.406. The smallest absolute Gasteiger partial charge is 0.0761 e. The monoisotopic (exact) mass is 198 g/mol. The fourth-order valence-corrected chi connectivity index (χ4v) is 1.66. The predicted molar refractivity (Wildman–Crippen MR) is 54.9 cm³/mol. The number of hydrogen-bond acceptors (Lipinski definition) is 3. The van der Waals surface area contributed by atoms with Crippen LogP contribution in [0.1, 0.15) is 18.6 Å². The van der Waals surface area contributed by atoms with Gasteiger partial charge in [0.1, 0.15) is 0 Å². The number of hydrogen-bond donors (Lipinski definition) is 2. The first-order valence-corrected chi connectivity index (χ1v) is 5.24. The van der Waals surface area contributed by atoms with Gasteiger partial charge in [0, 0.05) is 10.6 Å². The van der Waals surface area contributed by atoms with Crippen molar-refractivity contribution >= 4 is 11.8 Å². The summed E-state index contributed by atoms with van der Waals surface area (Å²) in [6.45, 7) is 1.94. The van der Waals surface area contributed by atoms with Gasteiger partial charge >= 0.3 is 0 Å². The third kappa shape index (κ3) is 3.38. The van der Waals surface area contributed by atoms with Gasteiger partial charge in [0.05, 0.1) is 12.7 Å². The normalized spacial score (nSPS) is 12.8. The summed E-state index contributed by atoms with van der Waals surface area (Å²) in [7, 11) is 0. The molecule has 0 aromatic heterocycles. The Labute approximate surface area is 82.6 Å². The van der Waals surface area contributed by atoms with Crippen LogP contribution >= 0.6 is 11.8 Å². The van der Waals surface area contributed by atoms with Gasteiger partial charge in [-0.3, -0.25) is 0 Å². The van der Waals surface area contributed by atoms with E-state index in [4.69, 9.17) is 5.11 Å². The Hall–Kier alpha value is -0.510. The zero-order valence-corrected chi connectivity index (χ0v) is 8.42. The maximum Gasteiger partial charge on any atom is 0.0761 e. The molecule has 0 aliphatic heterocycles. The Bertz CT molecular complexity index is 244. The maximum absolute atomic E-state index is 9.24. The highest BCUT2D eigenvalue weighted by molar-refractivity contribution is 7.99. The lowest BCUT2D eigenvalue weighted by molar-refractivity contribution is 0.199. The molecule has 1 aromatic carbocycles. The fourth-order valence-electron chi connectivity index (χ4n) is 1.01. The van der Waals surface area contributed by atoms with Crippen molar-refractivity contribution < 1.29 is 10.2 Å². The average molecular weight is 198 g/mol. The van der Waals surface area contributed by atoms with Crippen molar-refractivity contribution in [1.82, 2.24) is 0 Å². The van der Waals surface area contributed by atoms with Crippen molar-refractivity contribution in [3.63, 3.8) is 0 Å². The topological polar surface area (TPSA) is 40.5 Å². The summed E-state index contributed by atoms with van der Waals surface area (Å²) in [5.74, 6) is 0.716. The second-order valence-electron chi connectivity index (χ2n) is 2.82. The van der Waals surface area contributed by atoms with Crippen LogP contribution in [0, 0.1) is 0 Å². The second-order valence-corrected chi connectivity index (χ2v) is 3.99. The first-order valence-electron chi connectivity index (χ1n) is 4.25. The van der Waals surface area contributed by atoms with Gasteiger partial charge in [-0.1, -0.05) is 12.1 Å². The Balaban J connectivity index is 2.59. The molecular formula is C10H14O2S. The standard InChI is InChI=1S/C10H14O2S/c1-8(12)9-2-4-10(5-3-9)13-7-6-11/h2-5,8,11-12H,6-7H2,1H3. The quantitative estimate of drug-likeness (QED) is 0.725. The van der Waals surface area contributed by atoms with E-state index in [1.54, 1.807) is 18.7 Å². The Kier molecular flexibility index (Phi) is 4.28. The van der Waals surface area contributed by atoms with Crippen molar-refractivity contribution in [1.29, 1.82) is 0 Å². The summed E-state index contributed by atoms with van der Waals surface area (Å²) in [5, 5.41) is 17.9. The predicted octanol–water partition coefficient (Wildman–Crippen LogP) is 1.82. The molecular weight excluding hydrogens is 184 g/mol. The van der Waals surface area contributed by atoms with Crippen LogP contribution in [0.2, 0.25) is 0 Å². The molecule has 3 heteroatoms. The van der Waals surface area contributed by atoms with Gasteiger partial charge in [0.15, 0.2) is 0 Å². The number of thioether (sulfide) groups is 1. The molecule has 1 aromatic rings. The van der Waals surface area contributed by atoms with Crippen LogP contribution < -0.4 is 0 Å². The van der Waals surface area contributed by atoms with E-state index < -0.39 is 6.10 Å². The van der Waals surface area contributed by atoms with Crippen LogP contribution in [0.25, 0.3) is 0 Å². The van der Waals surface area contributed by atoms with Crippen molar-refractivity contribution in [3.8, 4) is 0 Å². The van der Waals surface area contributed by atoms with Crippen molar-refractivity contribution in [2.75, 3.05) is 12.4 Å².